The largest absolute Gasteiger partial charge is 0.353 e. The number of amides is 1. The molecule has 0 saturated heterocycles. The van der Waals surface area contributed by atoms with Gasteiger partial charge in [-0.2, -0.15) is 0 Å². The van der Waals surface area contributed by atoms with Crippen LogP contribution in [0.3, 0.4) is 0 Å². The molecule has 0 heterocycles. The molecule has 1 amide bonds. The lowest BCUT2D eigenvalue weighted by molar-refractivity contribution is -0.128. The van der Waals surface area contributed by atoms with Gasteiger partial charge < -0.3 is 11.1 Å². The van der Waals surface area contributed by atoms with Gasteiger partial charge in [-0.25, -0.2) is 0 Å². The van der Waals surface area contributed by atoms with E-state index >= 15 is 0 Å². The van der Waals surface area contributed by atoms with E-state index in [1.165, 1.54) is 12.8 Å². The van der Waals surface area contributed by atoms with Crippen molar-refractivity contribution in [2.24, 2.45) is 23.0 Å². The van der Waals surface area contributed by atoms with Gasteiger partial charge in [0.05, 0.1) is 0 Å². The number of nitrogens with one attached hydrogen (secondary N) is 1. The number of hydrogen-bond donors (Lipinski definition) is 2. The number of hydrogen-bond acceptors (Lipinski definition) is 2. The summed E-state index contributed by atoms with van der Waals surface area (Å²) >= 11 is 0. The number of nitrogens with two attached hydrogens (primary N) is 1. The van der Waals surface area contributed by atoms with Crippen molar-refractivity contribution in [3.8, 4) is 0 Å². The minimum Gasteiger partial charge on any atom is -0.353 e. The van der Waals surface area contributed by atoms with Crippen LogP contribution in [0.25, 0.3) is 0 Å². The summed E-state index contributed by atoms with van der Waals surface area (Å²) in [7, 11) is 0. The molecule has 0 aromatic heterocycles. The first kappa shape index (κ1) is 14.8. The van der Waals surface area contributed by atoms with Crippen LogP contribution in [-0.2, 0) is 4.79 Å². The van der Waals surface area contributed by atoms with Crippen molar-refractivity contribution >= 4 is 5.91 Å². The highest BCUT2D eigenvalue weighted by molar-refractivity contribution is 5.79. The Morgan fingerprint density at radius 2 is 1.79 bits per heavy atom. The maximum Gasteiger partial charge on any atom is 0.223 e. The SMILES string of the molecule is CC1CCC(N)CC1C(=O)NC1CCC(C)(C)CC1. The van der Waals surface area contributed by atoms with Crippen molar-refractivity contribution in [3.63, 3.8) is 0 Å². The number of carbonyl (C=O) groups excluding carboxylic acids is 1. The van der Waals surface area contributed by atoms with E-state index in [2.05, 4.69) is 26.1 Å². The molecule has 2 aliphatic carbocycles. The van der Waals surface area contributed by atoms with Gasteiger partial charge in [0.25, 0.3) is 0 Å². The second kappa shape index (κ2) is 5.82. The fraction of sp³-hybridized carbons (Fsp3) is 0.938. The first-order valence-electron chi connectivity index (χ1n) is 7.93. The van der Waals surface area contributed by atoms with E-state index in [1.807, 2.05) is 0 Å². The van der Waals surface area contributed by atoms with E-state index < -0.39 is 0 Å². The number of rotatable bonds is 2. The molecule has 0 radical (unpaired) electrons. The Balaban J connectivity index is 1.84. The summed E-state index contributed by atoms with van der Waals surface area (Å²) in [6, 6.07) is 0.614. The molecular weight excluding hydrogens is 236 g/mol. The molecule has 2 rings (SSSR count). The lowest BCUT2D eigenvalue weighted by Crippen LogP contribution is -2.46. The summed E-state index contributed by atoms with van der Waals surface area (Å²) in [6.07, 6.45) is 7.73. The minimum absolute atomic E-state index is 0.138. The molecule has 3 heteroatoms. The monoisotopic (exact) mass is 266 g/mol. The Bertz CT molecular complexity index is 317. The van der Waals surface area contributed by atoms with E-state index in [-0.39, 0.29) is 17.9 Å². The Kier molecular flexibility index (Phi) is 4.54. The van der Waals surface area contributed by atoms with Gasteiger partial charge in [0.15, 0.2) is 0 Å². The van der Waals surface area contributed by atoms with Crippen molar-refractivity contribution in [1.82, 2.24) is 5.32 Å². The molecule has 2 aliphatic rings. The molecule has 0 spiro atoms. The molecule has 0 aliphatic heterocycles. The Morgan fingerprint density at radius 1 is 1.16 bits per heavy atom. The van der Waals surface area contributed by atoms with E-state index in [0.717, 1.165) is 32.1 Å². The zero-order chi connectivity index (χ0) is 14.0. The predicted molar refractivity (Wildman–Crippen MR) is 78.7 cm³/mol. The average Bonchev–Trinajstić information content (AvgIpc) is 2.35. The molecule has 0 aromatic carbocycles. The number of carbonyl (C=O) groups is 1. The molecule has 110 valence electrons. The molecular formula is C16H30N2O. The molecule has 3 atom stereocenters. The Hall–Kier alpha value is -0.570. The molecule has 3 unspecified atom stereocenters. The highest BCUT2D eigenvalue weighted by atomic mass is 16.2. The van der Waals surface area contributed by atoms with Gasteiger partial charge in [0.1, 0.15) is 0 Å². The second-order valence-corrected chi connectivity index (χ2v) is 7.60. The summed E-state index contributed by atoms with van der Waals surface area (Å²) in [5, 5.41) is 3.28. The molecule has 0 bridgehead atoms. The van der Waals surface area contributed by atoms with Crippen molar-refractivity contribution < 1.29 is 4.79 Å². The Morgan fingerprint density at radius 3 is 2.42 bits per heavy atom. The van der Waals surface area contributed by atoms with Crippen molar-refractivity contribution in [3.05, 3.63) is 0 Å². The summed E-state index contributed by atoms with van der Waals surface area (Å²) in [5.41, 5.74) is 6.47. The quantitative estimate of drug-likeness (QED) is 0.807. The van der Waals surface area contributed by atoms with Gasteiger partial charge in [0.2, 0.25) is 5.91 Å². The fourth-order valence-electron chi connectivity index (χ4n) is 3.57. The van der Waals surface area contributed by atoms with Crippen LogP contribution in [0.5, 0.6) is 0 Å². The van der Waals surface area contributed by atoms with Crippen LogP contribution in [0.2, 0.25) is 0 Å². The van der Waals surface area contributed by atoms with Crippen molar-refractivity contribution in [2.75, 3.05) is 0 Å². The van der Waals surface area contributed by atoms with E-state index in [4.69, 9.17) is 5.73 Å². The third-order valence-electron chi connectivity index (χ3n) is 5.26. The van der Waals surface area contributed by atoms with Crippen LogP contribution in [0.4, 0.5) is 0 Å². The van der Waals surface area contributed by atoms with Crippen LogP contribution < -0.4 is 11.1 Å². The van der Waals surface area contributed by atoms with E-state index in [9.17, 15) is 4.79 Å². The minimum atomic E-state index is 0.138. The fourth-order valence-corrected chi connectivity index (χ4v) is 3.57. The summed E-state index contributed by atoms with van der Waals surface area (Å²) < 4.78 is 0. The second-order valence-electron chi connectivity index (χ2n) is 7.60. The van der Waals surface area contributed by atoms with Crippen LogP contribution >= 0.6 is 0 Å². The smallest absolute Gasteiger partial charge is 0.223 e. The van der Waals surface area contributed by atoms with Crippen LogP contribution in [0.15, 0.2) is 0 Å². The van der Waals surface area contributed by atoms with Crippen LogP contribution in [-0.4, -0.2) is 18.0 Å². The first-order valence-corrected chi connectivity index (χ1v) is 7.93. The normalized spacial score (nSPS) is 35.9. The lowest BCUT2D eigenvalue weighted by Gasteiger charge is -2.37. The molecule has 2 saturated carbocycles. The van der Waals surface area contributed by atoms with E-state index in [0.29, 0.717) is 17.4 Å². The van der Waals surface area contributed by atoms with Gasteiger partial charge >= 0.3 is 0 Å². The molecule has 3 N–H and O–H groups in total. The van der Waals surface area contributed by atoms with Crippen molar-refractivity contribution in [1.29, 1.82) is 0 Å². The van der Waals surface area contributed by atoms with Crippen LogP contribution in [0, 0.1) is 17.3 Å². The highest BCUT2D eigenvalue weighted by Gasteiger charge is 2.33. The summed E-state index contributed by atoms with van der Waals surface area (Å²) in [6.45, 7) is 6.85. The zero-order valence-electron chi connectivity index (χ0n) is 12.7. The topological polar surface area (TPSA) is 55.1 Å². The standard InChI is InChI=1S/C16H30N2O/c1-11-4-5-12(17)10-14(11)15(19)18-13-6-8-16(2,3)9-7-13/h11-14H,4-10,17H2,1-3H3,(H,18,19). The summed E-state index contributed by atoms with van der Waals surface area (Å²) in [5.74, 6) is 0.880. The summed E-state index contributed by atoms with van der Waals surface area (Å²) in [4.78, 5) is 12.4. The van der Waals surface area contributed by atoms with Crippen LogP contribution in [0.1, 0.15) is 65.7 Å². The Labute approximate surface area is 117 Å². The highest BCUT2D eigenvalue weighted by Crippen LogP contribution is 2.35. The molecule has 3 nitrogen and oxygen atoms in total. The molecule has 19 heavy (non-hydrogen) atoms. The average molecular weight is 266 g/mol. The maximum atomic E-state index is 12.4. The van der Waals surface area contributed by atoms with E-state index in [1.54, 1.807) is 0 Å². The van der Waals surface area contributed by atoms with Gasteiger partial charge in [-0.3, -0.25) is 4.79 Å². The molecule has 2 fully saturated rings. The lowest BCUT2D eigenvalue weighted by atomic mass is 9.74. The third kappa shape index (κ3) is 3.95. The van der Waals surface area contributed by atoms with Gasteiger partial charge in [-0.05, 0) is 56.3 Å². The third-order valence-corrected chi connectivity index (χ3v) is 5.26. The molecule has 0 aromatic rings. The maximum absolute atomic E-state index is 12.4. The first-order chi connectivity index (χ1) is 8.87. The zero-order valence-corrected chi connectivity index (χ0v) is 12.7. The van der Waals surface area contributed by atoms with Crippen molar-refractivity contribution in [2.45, 2.75) is 77.8 Å². The van der Waals surface area contributed by atoms with Gasteiger partial charge in [-0.15, -0.1) is 0 Å². The van der Waals surface area contributed by atoms with Gasteiger partial charge in [0, 0.05) is 18.0 Å². The predicted octanol–water partition coefficient (Wildman–Crippen LogP) is 2.83. The van der Waals surface area contributed by atoms with Gasteiger partial charge in [-0.1, -0.05) is 20.8 Å².